The minimum absolute atomic E-state index is 0.123. The number of carbonyl (C=O) groups excluding carboxylic acids is 3. The normalized spacial score (nSPS) is 17.5. The van der Waals surface area contributed by atoms with Crippen LogP contribution in [-0.2, 0) is 20.7 Å². The number of benzene rings is 1. The van der Waals surface area contributed by atoms with Crippen LogP contribution < -0.4 is 10.6 Å². The average molecular weight is 375 g/mol. The summed E-state index contributed by atoms with van der Waals surface area (Å²) in [7, 11) is 1.26. The third-order valence-corrected chi connectivity index (χ3v) is 4.83. The summed E-state index contributed by atoms with van der Waals surface area (Å²) in [5, 5.41) is 5.50. The molecule has 1 aromatic carbocycles. The number of carbonyl (C=O) groups is 3. The number of hydrogen-bond donors (Lipinski definition) is 2. The largest absolute Gasteiger partial charge is 0.453 e. The number of nitrogens with one attached hydrogen (secondary N) is 2. The van der Waals surface area contributed by atoms with Crippen LogP contribution in [0.1, 0.15) is 39.2 Å². The second-order valence-electron chi connectivity index (χ2n) is 7.09. The molecule has 3 amide bonds. The van der Waals surface area contributed by atoms with Crippen LogP contribution in [0.15, 0.2) is 24.3 Å². The van der Waals surface area contributed by atoms with Gasteiger partial charge in [0, 0.05) is 12.2 Å². The molecule has 2 N–H and O–H groups in total. The van der Waals surface area contributed by atoms with Gasteiger partial charge in [-0.15, -0.1) is 0 Å². The van der Waals surface area contributed by atoms with E-state index < -0.39 is 18.2 Å². The number of aryl methyl sites for hydroxylation is 1. The minimum atomic E-state index is -0.728. The van der Waals surface area contributed by atoms with Crippen molar-refractivity contribution in [2.75, 3.05) is 19.0 Å². The van der Waals surface area contributed by atoms with E-state index in [2.05, 4.69) is 22.3 Å². The lowest BCUT2D eigenvalue weighted by atomic mass is 10.0. The molecule has 2 unspecified atom stereocenters. The van der Waals surface area contributed by atoms with Crippen molar-refractivity contribution >= 4 is 23.6 Å². The predicted molar refractivity (Wildman–Crippen MR) is 103 cm³/mol. The minimum Gasteiger partial charge on any atom is -0.453 e. The highest BCUT2D eigenvalue weighted by Crippen LogP contribution is 2.22. The van der Waals surface area contributed by atoms with Gasteiger partial charge < -0.3 is 20.3 Å². The molecule has 1 aliphatic rings. The molecule has 0 radical (unpaired) electrons. The molecule has 0 aromatic heterocycles. The standard InChI is InChI=1S/C20H29N3O4/c1-5-14-8-6-9-15(12-14)21-18(24)16-10-7-11-23(16)19(25)17(13(2)3)22-20(26)27-4/h6,8-9,12-13,16-17H,5,7,10-11H2,1-4H3,(H,21,24)(H,22,26). The summed E-state index contributed by atoms with van der Waals surface area (Å²) < 4.78 is 4.62. The first-order chi connectivity index (χ1) is 12.9. The summed E-state index contributed by atoms with van der Waals surface area (Å²) >= 11 is 0. The van der Waals surface area contributed by atoms with Gasteiger partial charge in [-0.3, -0.25) is 9.59 Å². The zero-order valence-electron chi connectivity index (χ0n) is 16.5. The van der Waals surface area contributed by atoms with Crippen LogP contribution in [0.3, 0.4) is 0 Å². The van der Waals surface area contributed by atoms with Gasteiger partial charge in [0.1, 0.15) is 12.1 Å². The lowest BCUT2D eigenvalue weighted by Gasteiger charge is -2.30. The fourth-order valence-electron chi connectivity index (χ4n) is 3.28. The van der Waals surface area contributed by atoms with Crippen molar-refractivity contribution in [1.29, 1.82) is 0 Å². The Bertz CT molecular complexity index is 690. The van der Waals surface area contributed by atoms with Crippen LogP contribution in [0.2, 0.25) is 0 Å². The zero-order chi connectivity index (χ0) is 20.0. The lowest BCUT2D eigenvalue weighted by Crippen LogP contribution is -2.54. The second kappa shape index (κ2) is 9.39. The van der Waals surface area contributed by atoms with Crippen LogP contribution in [0.4, 0.5) is 10.5 Å². The van der Waals surface area contributed by atoms with Crippen molar-refractivity contribution in [1.82, 2.24) is 10.2 Å². The van der Waals surface area contributed by atoms with Gasteiger partial charge in [0.15, 0.2) is 0 Å². The van der Waals surface area contributed by atoms with Crippen molar-refractivity contribution in [2.24, 2.45) is 5.92 Å². The Balaban J connectivity index is 2.11. The van der Waals surface area contributed by atoms with Gasteiger partial charge in [0.2, 0.25) is 11.8 Å². The molecule has 1 fully saturated rings. The number of amides is 3. The number of ether oxygens (including phenoxy) is 1. The molecular formula is C20H29N3O4. The van der Waals surface area contributed by atoms with Crippen LogP contribution in [0.25, 0.3) is 0 Å². The number of alkyl carbamates (subject to hydrolysis) is 1. The van der Waals surface area contributed by atoms with Crippen LogP contribution in [0, 0.1) is 5.92 Å². The Labute approximate surface area is 160 Å². The SMILES string of the molecule is CCc1cccc(NC(=O)C2CCCN2C(=O)C(NC(=O)OC)C(C)C)c1. The van der Waals surface area contributed by atoms with Crippen molar-refractivity contribution in [2.45, 2.75) is 52.1 Å². The average Bonchev–Trinajstić information content (AvgIpc) is 3.15. The van der Waals surface area contributed by atoms with E-state index >= 15 is 0 Å². The molecule has 0 spiro atoms. The summed E-state index contributed by atoms with van der Waals surface area (Å²) in [6, 6.07) is 6.43. The predicted octanol–water partition coefficient (Wildman–Crippen LogP) is 2.56. The number of nitrogens with zero attached hydrogens (tertiary/aromatic N) is 1. The van der Waals surface area contributed by atoms with Crippen molar-refractivity contribution in [3.05, 3.63) is 29.8 Å². The highest BCUT2D eigenvalue weighted by atomic mass is 16.5. The van der Waals surface area contributed by atoms with Crippen molar-refractivity contribution in [3.63, 3.8) is 0 Å². The topological polar surface area (TPSA) is 87.7 Å². The van der Waals surface area contributed by atoms with E-state index in [1.165, 1.54) is 7.11 Å². The zero-order valence-corrected chi connectivity index (χ0v) is 16.5. The highest BCUT2D eigenvalue weighted by molar-refractivity contribution is 5.98. The maximum absolute atomic E-state index is 13.0. The maximum atomic E-state index is 13.0. The summed E-state index contributed by atoms with van der Waals surface area (Å²) in [6.45, 7) is 6.25. The molecule has 2 rings (SSSR count). The molecule has 7 heteroatoms. The molecular weight excluding hydrogens is 346 g/mol. The van der Waals surface area contributed by atoms with E-state index in [1.807, 2.05) is 38.1 Å². The van der Waals surface area contributed by atoms with Crippen LogP contribution >= 0.6 is 0 Å². The van der Waals surface area contributed by atoms with Gasteiger partial charge in [0.05, 0.1) is 7.11 Å². The van der Waals surface area contributed by atoms with E-state index in [1.54, 1.807) is 4.90 Å². The van der Waals surface area contributed by atoms with Gasteiger partial charge in [-0.1, -0.05) is 32.9 Å². The first-order valence-electron chi connectivity index (χ1n) is 9.42. The van der Waals surface area contributed by atoms with E-state index in [9.17, 15) is 14.4 Å². The van der Waals surface area contributed by atoms with Gasteiger partial charge in [-0.2, -0.15) is 0 Å². The molecule has 1 heterocycles. The van der Waals surface area contributed by atoms with Gasteiger partial charge in [0.25, 0.3) is 0 Å². The molecule has 0 aliphatic carbocycles. The quantitative estimate of drug-likeness (QED) is 0.800. The summed E-state index contributed by atoms with van der Waals surface area (Å²) in [6.07, 6.45) is 1.59. The Morgan fingerprint density at radius 1 is 1.30 bits per heavy atom. The number of rotatable bonds is 6. The van der Waals surface area contributed by atoms with Crippen molar-refractivity contribution < 1.29 is 19.1 Å². The van der Waals surface area contributed by atoms with E-state index in [0.717, 1.165) is 24.1 Å². The lowest BCUT2D eigenvalue weighted by molar-refractivity contribution is -0.139. The molecule has 27 heavy (non-hydrogen) atoms. The number of likely N-dealkylation sites (tertiary alicyclic amines) is 1. The molecule has 1 aromatic rings. The third-order valence-electron chi connectivity index (χ3n) is 4.83. The first-order valence-corrected chi connectivity index (χ1v) is 9.42. The summed E-state index contributed by atoms with van der Waals surface area (Å²) in [5.74, 6) is -0.577. The smallest absolute Gasteiger partial charge is 0.407 e. The third kappa shape index (κ3) is 5.21. The summed E-state index contributed by atoms with van der Waals surface area (Å²) in [5.41, 5.74) is 1.86. The fourth-order valence-corrected chi connectivity index (χ4v) is 3.28. The molecule has 148 valence electrons. The van der Waals surface area contributed by atoms with E-state index in [0.29, 0.717) is 13.0 Å². The Hall–Kier alpha value is -2.57. The van der Waals surface area contributed by atoms with Gasteiger partial charge in [-0.25, -0.2) is 4.79 Å². The molecule has 2 atom stereocenters. The Morgan fingerprint density at radius 2 is 2.04 bits per heavy atom. The molecule has 1 saturated heterocycles. The monoisotopic (exact) mass is 375 g/mol. The fraction of sp³-hybridized carbons (Fsp3) is 0.550. The number of anilines is 1. The first kappa shape index (κ1) is 20.7. The van der Waals surface area contributed by atoms with Crippen LogP contribution in [0.5, 0.6) is 0 Å². The molecule has 7 nitrogen and oxygen atoms in total. The van der Waals surface area contributed by atoms with E-state index in [4.69, 9.17) is 0 Å². The Kier molecular flexibility index (Phi) is 7.21. The maximum Gasteiger partial charge on any atom is 0.407 e. The van der Waals surface area contributed by atoms with Gasteiger partial charge in [-0.05, 0) is 42.9 Å². The second-order valence-corrected chi connectivity index (χ2v) is 7.09. The molecule has 0 bridgehead atoms. The molecule has 1 aliphatic heterocycles. The molecule has 0 saturated carbocycles. The Morgan fingerprint density at radius 3 is 2.67 bits per heavy atom. The highest BCUT2D eigenvalue weighted by Gasteiger charge is 2.38. The van der Waals surface area contributed by atoms with Crippen molar-refractivity contribution in [3.8, 4) is 0 Å². The number of methoxy groups -OCH3 is 1. The van der Waals surface area contributed by atoms with E-state index in [-0.39, 0.29) is 17.7 Å². The summed E-state index contributed by atoms with van der Waals surface area (Å²) in [4.78, 5) is 38.9. The number of hydrogen-bond acceptors (Lipinski definition) is 4. The van der Waals surface area contributed by atoms with Gasteiger partial charge >= 0.3 is 6.09 Å². The van der Waals surface area contributed by atoms with Crippen LogP contribution in [-0.4, -0.2) is 48.5 Å².